The van der Waals surface area contributed by atoms with E-state index in [0.29, 0.717) is 18.1 Å². The fourth-order valence-corrected chi connectivity index (χ4v) is 3.35. The summed E-state index contributed by atoms with van der Waals surface area (Å²) in [5, 5.41) is 5.66. The maximum absolute atomic E-state index is 12.3. The van der Waals surface area contributed by atoms with Gasteiger partial charge in [-0.1, -0.05) is 0 Å². The summed E-state index contributed by atoms with van der Waals surface area (Å²) >= 11 is 1.51. The molecule has 1 N–H and O–H groups in total. The molecule has 2 heterocycles. The topological polar surface area (TPSA) is 80.2 Å². The van der Waals surface area contributed by atoms with Crippen LogP contribution < -0.4 is 10.1 Å². The summed E-state index contributed by atoms with van der Waals surface area (Å²) in [6.45, 7) is 2.52. The van der Waals surface area contributed by atoms with Crippen LogP contribution in [0, 0.1) is 0 Å². The number of nitrogens with one attached hydrogen (secondary N) is 1. The van der Waals surface area contributed by atoms with E-state index in [1.807, 2.05) is 49.5 Å². The van der Waals surface area contributed by atoms with Gasteiger partial charge in [0.05, 0.1) is 6.04 Å². The van der Waals surface area contributed by atoms with Crippen LogP contribution in [0.25, 0.3) is 11.4 Å². The molecule has 0 fully saturated rings. The van der Waals surface area contributed by atoms with Crippen LogP contribution in [0.5, 0.6) is 5.75 Å². The largest absolute Gasteiger partial charge is 0.483 e. The van der Waals surface area contributed by atoms with Crippen LogP contribution in [-0.2, 0) is 11.3 Å². The third-order valence-corrected chi connectivity index (χ3v) is 4.89. The number of thiazole rings is 1. The van der Waals surface area contributed by atoms with Crippen molar-refractivity contribution in [3.8, 4) is 17.1 Å². The van der Waals surface area contributed by atoms with Crippen LogP contribution in [0.4, 0.5) is 0 Å². The minimum atomic E-state index is -0.186. The fraction of sp³-hybridized carbons (Fsp3) is 0.300. The molecule has 1 aromatic carbocycles. The molecule has 0 saturated heterocycles. The van der Waals surface area contributed by atoms with Gasteiger partial charge in [-0.05, 0) is 45.3 Å². The van der Waals surface area contributed by atoms with E-state index in [9.17, 15) is 4.79 Å². The molecule has 0 aliphatic carbocycles. The van der Waals surface area contributed by atoms with Crippen molar-refractivity contribution >= 4 is 17.2 Å². The maximum Gasteiger partial charge on any atom is 0.258 e. The van der Waals surface area contributed by atoms with Crippen LogP contribution in [0.15, 0.2) is 48.2 Å². The smallest absolute Gasteiger partial charge is 0.258 e. The minimum Gasteiger partial charge on any atom is -0.483 e. The lowest BCUT2D eigenvalue weighted by molar-refractivity contribution is -0.123. The maximum atomic E-state index is 12.3. The molecule has 0 spiro atoms. The van der Waals surface area contributed by atoms with E-state index < -0.39 is 0 Å². The van der Waals surface area contributed by atoms with E-state index in [0.717, 1.165) is 16.1 Å². The van der Waals surface area contributed by atoms with Crippen LogP contribution in [0.2, 0.25) is 0 Å². The number of carbonyl (C=O) groups is 1. The Balaban J connectivity index is 1.69. The van der Waals surface area contributed by atoms with Gasteiger partial charge >= 0.3 is 0 Å². The summed E-state index contributed by atoms with van der Waals surface area (Å²) < 4.78 is 5.81. The Labute approximate surface area is 168 Å². The van der Waals surface area contributed by atoms with Crippen molar-refractivity contribution in [1.82, 2.24) is 25.2 Å². The van der Waals surface area contributed by atoms with E-state index >= 15 is 0 Å². The molecule has 7 nitrogen and oxygen atoms in total. The van der Waals surface area contributed by atoms with Crippen molar-refractivity contribution in [3.05, 3.63) is 58.8 Å². The second-order valence-electron chi connectivity index (χ2n) is 6.58. The molecule has 1 atom stereocenters. The average Bonchev–Trinajstić information content (AvgIpc) is 3.22. The normalized spacial score (nSPS) is 12.0. The van der Waals surface area contributed by atoms with E-state index in [-0.39, 0.29) is 18.6 Å². The van der Waals surface area contributed by atoms with E-state index in [1.165, 1.54) is 11.3 Å². The number of benzene rings is 1. The zero-order valence-corrected chi connectivity index (χ0v) is 16.9. The molecule has 0 aliphatic heterocycles. The number of carbonyl (C=O) groups excluding carboxylic acids is 1. The molecule has 0 unspecified atom stereocenters. The van der Waals surface area contributed by atoms with Gasteiger partial charge < -0.3 is 15.0 Å². The zero-order chi connectivity index (χ0) is 19.9. The lowest BCUT2D eigenvalue weighted by atomic mass is 10.1. The van der Waals surface area contributed by atoms with Crippen LogP contribution in [0.3, 0.4) is 0 Å². The minimum absolute atomic E-state index is 0.0582. The predicted molar refractivity (Wildman–Crippen MR) is 109 cm³/mol. The van der Waals surface area contributed by atoms with Gasteiger partial charge in [-0.3, -0.25) is 4.79 Å². The fourth-order valence-electron chi connectivity index (χ4n) is 2.71. The molecular weight excluding hydrogens is 374 g/mol. The molecule has 8 heteroatoms. The highest BCUT2D eigenvalue weighted by Gasteiger charge is 2.14. The average molecular weight is 398 g/mol. The standard InChI is InChI=1S/C20H23N5O2S/c1-14(20-23-9-10-28-20)24-18(26)13-27-17-6-5-15(11-16(17)12-25(2)3)19-21-7-4-8-22-19/h4-11,14H,12-13H2,1-3H3,(H,24,26)/t14-/m0/s1. The molecule has 28 heavy (non-hydrogen) atoms. The van der Waals surface area contributed by atoms with Crippen LogP contribution >= 0.6 is 11.3 Å². The van der Waals surface area contributed by atoms with Crippen molar-refractivity contribution in [1.29, 1.82) is 0 Å². The first-order chi connectivity index (χ1) is 13.5. The van der Waals surface area contributed by atoms with Gasteiger partial charge in [0.1, 0.15) is 10.8 Å². The number of aromatic nitrogens is 3. The second-order valence-corrected chi connectivity index (χ2v) is 7.51. The number of amides is 1. The predicted octanol–water partition coefficient (Wildman–Crippen LogP) is 2.92. The number of hydrogen-bond acceptors (Lipinski definition) is 7. The Bertz CT molecular complexity index is 900. The third kappa shape index (κ3) is 5.34. The molecule has 146 valence electrons. The van der Waals surface area contributed by atoms with Crippen LogP contribution in [-0.4, -0.2) is 46.5 Å². The number of nitrogens with zero attached hydrogens (tertiary/aromatic N) is 4. The van der Waals surface area contributed by atoms with Gasteiger partial charge in [-0.25, -0.2) is 15.0 Å². The summed E-state index contributed by atoms with van der Waals surface area (Å²) in [5.74, 6) is 1.14. The Morgan fingerprint density at radius 2 is 2.00 bits per heavy atom. The highest BCUT2D eigenvalue weighted by molar-refractivity contribution is 7.09. The number of hydrogen-bond donors (Lipinski definition) is 1. The van der Waals surface area contributed by atoms with Gasteiger partial charge in [-0.2, -0.15) is 0 Å². The number of ether oxygens (including phenoxy) is 1. The lowest BCUT2D eigenvalue weighted by Gasteiger charge is -2.17. The number of rotatable bonds is 8. The molecular formula is C20H23N5O2S. The van der Waals surface area contributed by atoms with E-state index in [4.69, 9.17) is 4.74 Å². The van der Waals surface area contributed by atoms with Crippen LogP contribution in [0.1, 0.15) is 23.5 Å². The van der Waals surface area contributed by atoms with Gasteiger partial charge in [0.2, 0.25) is 0 Å². The molecule has 2 aromatic heterocycles. The van der Waals surface area contributed by atoms with Gasteiger partial charge in [0.15, 0.2) is 12.4 Å². The van der Waals surface area contributed by atoms with Crippen molar-refractivity contribution in [2.45, 2.75) is 19.5 Å². The molecule has 3 aromatic rings. The first-order valence-corrected chi connectivity index (χ1v) is 9.77. The second kappa shape index (κ2) is 9.38. The zero-order valence-electron chi connectivity index (χ0n) is 16.1. The quantitative estimate of drug-likeness (QED) is 0.630. The molecule has 3 rings (SSSR count). The Morgan fingerprint density at radius 1 is 1.21 bits per heavy atom. The first kappa shape index (κ1) is 19.9. The summed E-state index contributed by atoms with van der Waals surface area (Å²) in [6, 6.07) is 7.41. The Morgan fingerprint density at radius 3 is 2.68 bits per heavy atom. The Hall–Kier alpha value is -2.84. The van der Waals surface area contributed by atoms with E-state index in [1.54, 1.807) is 24.7 Å². The molecule has 1 amide bonds. The Kier molecular flexibility index (Phi) is 6.67. The lowest BCUT2D eigenvalue weighted by Crippen LogP contribution is -2.31. The monoisotopic (exact) mass is 397 g/mol. The first-order valence-electron chi connectivity index (χ1n) is 8.89. The highest BCUT2D eigenvalue weighted by Crippen LogP contribution is 2.26. The van der Waals surface area contributed by atoms with Crippen molar-refractivity contribution in [3.63, 3.8) is 0 Å². The summed E-state index contributed by atoms with van der Waals surface area (Å²) in [7, 11) is 3.97. The molecule has 0 saturated carbocycles. The highest BCUT2D eigenvalue weighted by atomic mass is 32.1. The van der Waals surface area contributed by atoms with Gasteiger partial charge in [0.25, 0.3) is 5.91 Å². The SMILES string of the molecule is C[C@H](NC(=O)COc1ccc(-c2ncccn2)cc1CN(C)C)c1nccs1. The van der Waals surface area contributed by atoms with Crippen molar-refractivity contribution in [2.75, 3.05) is 20.7 Å². The van der Waals surface area contributed by atoms with Gasteiger partial charge in [-0.15, -0.1) is 11.3 Å². The molecule has 0 bridgehead atoms. The van der Waals surface area contributed by atoms with E-state index in [2.05, 4.69) is 20.3 Å². The molecule has 0 aliphatic rings. The summed E-state index contributed by atoms with van der Waals surface area (Å²) in [4.78, 5) is 27.1. The summed E-state index contributed by atoms with van der Waals surface area (Å²) in [5.41, 5.74) is 1.88. The van der Waals surface area contributed by atoms with Crippen molar-refractivity contribution < 1.29 is 9.53 Å². The van der Waals surface area contributed by atoms with Crippen molar-refractivity contribution in [2.24, 2.45) is 0 Å². The third-order valence-electron chi connectivity index (χ3n) is 3.93. The molecule has 0 radical (unpaired) electrons. The van der Waals surface area contributed by atoms with Gasteiger partial charge in [0, 0.05) is 41.6 Å². The summed E-state index contributed by atoms with van der Waals surface area (Å²) in [6.07, 6.45) is 5.16.